The first-order valence-electron chi connectivity index (χ1n) is 10.0. The fourth-order valence-corrected chi connectivity index (χ4v) is 4.81. The van der Waals surface area contributed by atoms with Crippen molar-refractivity contribution in [3.05, 3.63) is 23.8 Å². The zero-order valence-electron chi connectivity index (χ0n) is 16.6. The second kappa shape index (κ2) is 8.29. The Labute approximate surface area is 172 Å². The van der Waals surface area contributed by atoms with Crippen molar-refractivity contribution < 1.29 is 14.3 Å². The van der Waals surface area contributed by atoms with Crippen LogP contribution in [-0.4, -0.2) is 49.5 Å². The van der Waals surface area contributed by atoms with Crippen molar-refractivity contribution in [2.45, 2.75) is 45.1 Å². The first-order chi connectivity index (χ1) is 13.0. The van der Waals surface area contributed by atoms with E-state index in [0.29, 0.717) is 18.0 Å². The van der Waals surface area contributed by atoms with Crippen molar-refractivity contribution in [1.29, 1.82) is 0 Å². The molecule has 0 bridgehead atoms. The number of piperidine rings is 1. The number of methoxy groups -OCH3 is 1. The van der Waals surface area contributed by atoms with Gasteiger partial charge in [0.1, 0.15) is 11.8 Å². The fourth-order valence-electron chi connectivity index (χ4n) is 4.81. The zero-order chi connectivity index (χ0) is 19.0. The molecule has 3 fully saturated rings. The lowest BCUT2D eigenvalue weighted by Crippen LogP contribution is -2.45. The lowest BCUT2D eigenvalue weighted by molar-refractivity contribution is -0.138. The third-order valence-corrected chi connectivity index (χ3v) is 6.54. The molecule has 1 aromatic rings. The van der Waals surface area contributed by atoms with Gasteiger partial charge in [-0.05, 0) is 75.2 Å². The van der Waals surface area contributed by atoms with Crippen LogP contribution in [0.5, 0.6) is 5.75 Å². The van der Waals surface area contributed by atoms with E-state index in [2.05, 4.69) is 10.6 Å². The van der Waals surface area contributed by atoms with Gasteiger partial charge in [-0.3, -0.25) is 9.59 Å². The van der Waals surface area contributed by atoms with Gasteiger partial charge in [-0.25, -0.2) is 0 Å². The minimum Gasteiger partial charge on any atom is -0.495 e. The Balaban J connectivity index is 0.00000225. The monoisotopic (exact) mass is 407 g/mol. The van der Waals surface area contributed by atoms with Crippen molar-refractivity contribution in [1.82, 2.24) is 10.2 Å². The van der Waals surface area contributed by atoms with Crippen LogP contribution in [0.15, 0.2) is 18.2 Å². The number of hydrogen-bond acceptors (Lipinski definition) is 4. The lowest BCUT2D eigenvalue weighted by Gasteiger charge is -2.28. The number of carbonyl (C=O) groups excluding carboxylic acids is 2. The summed E-state index contributed by atoms with van der Waals surface area (Å²) < 4.78 is 5.36. The molecule has 2 unspecified atom stereocenters. The van der Waals surface area contributed by atoms with E-state index in [9.17, 15) is 9.59 Å². The van der Waals surface area contributed by atoms with Crippen LogP contribution in [0.3, 0.4) is 0 Å². The van der Waals surface area contributed by atoms with Gasteiger partial charge in [0.15, 0.2) is 0 Å². The maximum Gasteiger partial charge on any atom is 0.247 e. The normalized spacial score (nSPS) is 25.1. The average Bonchev–Trinajstić information content (AvgIpc) is 3.13. The molecule has 4 rings (SSSR count). The number of benzene rings is 1. The van der Waals surface area contributed by atoms with E-state index in [0.717, 1.165) is 50.8 Å². The summed E-state index contributed by atoms with van der Waals surface area (Å²) in [6.07, 6.45) is 4.76. The first-order valence-corrected chi connectivity index (χ1v) is 10.0. The van der Waals surface area contributed by atoms with Gasteiger partial charge in [0.25, 0.3) is 0 Å². The highest BCUT2D eigenvalue weighted by atomic mass is 35.5. The molecule has 1 aliphatic carbocycles. The van der Waals surface area contributed by atoms with Gasteiger partial charge < -0.3 is 20.3 Å². The highest BCUT2D eigenvalue weighted by Crippen LogP contribution is 2.59. The molecule has 2 saturated heterocycles. The number of anilines is 1. The molecule has 154 valence electrons. The molecule has 2 amide bonds. The first kappa shape index (κ1) is 20.9. The second-order valence-corrected chi connectivity index (χ2v) is 8.25. The molecular weight excluding hydrogens is 378 g/mol. The Morgan fingerprint density at radius 3 is 2.75 bits per heavy atom. The van der Waals surface area contributed by atoms with Crippen LogP contribution >= 0.6 is 12.4 Å². The summed E-state index contributed by atoms with van der Waals surface area (Å²) in [6, 6.07) is 5.34. The number of nitrogens with zero attached hydrogens (tertiary/aromatic N) is 1. The van der Waals surface area contributed by atoms with Crippen molar-refractivity contribution in [3.8, 4) is 5.75 Å². The molecule has 0 aromatic heterocycles. The van der Waals surface area contributed by atoms with Gasteiger partial charge in [-0.15, -0.1) is 12.4 Å². The summed E-state index contributed by atoms with van der Waals surface area (Å²) in [7, 11) is 1.59. The Morgan fingerprint density at radius 2 is 2.04 bits per heavy atom. The maximum atomic E-state index is 13.1. The molecule has 3 aliphatic rings. The summed E-state index contributed by atoms with van der Waals surface area (Å²) in [5.41, 5.74) is 1.92. The van der Waals surface area contributed by atoms with E-state index in [4.69, 9.17) is 4.74 Å². The van der Waals surface area contributed by atoms with E-state index in [-0.39, 0.29) is 41.6 Å². The maximum absolute atomic E-state index is 13.1. The molecule has 6 nitrogen and oxygen atoms in total. The number of amides is 2. The predicted octanol–water partition coefficient (Wildman–Crippen LogP) is 2.74. The summed E-state index contributed by atoms with van der Waals surface area (Å²) >= 11 is 0. The molecule has 1 aromatic carbocycles. The Bertz CT molecular complexity index is 748. The third kappa shape index (κ3) is 3.85. The van der Waals surface area contributed by atoms with Crippen LogP contribution in [0.25, 0.3) is 0 Å². The third-order valence-electron chi connectivity index (χ3n) is 6.54. The lowest BCUT2D eigenvalue weighted by atomic mass is 9.91. The smallest absolute Gasteiger partial charge is 0.247 e. The van der Waals surface area contributed by atoms with Crippen molar-refractivity contribution in [2.24, 2.45) is 11.3 Å². The minimum absolute atomic E-state index is 0. The largest absolute Gasteiger partial charge is 0.495 e. The number of ether oxygens (including phenoxy) is 1. The molecule has 1 saturated carbocycles. The van der Waals surface area contributed by atoms with Crippen LogP contribution < -0.4 is 15.4 Å². The van der Waals surface area contributed by atoms with E-state index in [1.807, 2.05) is 30.0 Å². The molecule has 2 aliphatic heterocycles. The molecule has 7 heteroatoms. The number of rotatable bonds is 4. The second-order valence-electron chi connectivity index (χ2n) is 8.25. The summed E-state index contributed by atoms with van der Waals surface area (Å²) in [5, 5.41) is 6.37. The topological polar surface area (TPSA) is 70.7 Å². The van der Waals surface area contributed by atoms with E-state index >= 15 is 0 Å². The van der Waals surface area contributed by atoms with E-state index in [1.165, 1.54) is 0 Å². The van der Waals surface area contributed by atoms with Gasteiger partial charge in [0.05, 0.1) is 12.8 Å². The minimum atomic E-state index is -0.373. The Kier molecular flexibility index (Phi) is 6.20. The summed E-state index contributed by atoms with van der Waals surface area (Å²) in [5.74, 6) is 0.831. The number of halogens is 1. The van der Waals surface area contributed by atoms with Gasteiger partial charge in [0, 0.05) is 12.5 Å². The van der Waals surface area contributed by atoms with Crippen LogP contribution in [0, 0.1) is 18.3 Å². The van der Waals surface area contributed by atoms with Gasteiger partial charge >= 0.3 is 0 Å². The summed E-state index contributed by atoms with van der Waals surface area (Å²) in [6.45, 7) is 4.67. The summed E-state index contributed by atoms with van der Waals surface area (Å²) in [4.78, 5) is 27.9. The molecule has 0 radical (unpaired) electrons. The van der Waals surface area contributed by atoms with Crippen LogP contribution in [0.4, 0.5) is 5.69 Å². The number of aryl methyl sites for hydroxylation is 1. The Morgan fingerprint density at radius 1 is 1.29 bits per heavy atom. The van der Waals surface area contributed by atoms with Crippen molar-refractivity contribution >= 4 is 29.9 Å². The fraction of sp³-hybridized carbons (Fsp3) is 0.619. The number of hydrogen-bond donors (Lipinski definition) is 2. The molecule has 2 atom stereocenters. The highest BCUT2D eigenvalue weighted by Gasteiger charge is 2.59. The van der Waals surface area contributed by atoms with Crippen molar-refractivity contribution in [3.63, 3.8) is 0 Å². The van der Waals surface area contributed by atoms with E-state index < -0.39 is 0 Å². The van der Waals surface area contributed by atoms with Crippen LogP contribution in [0.2, 0.25) is 0 Å². The molecule has 1 spiro atoms. The Hall–Kier alpha value is -1.79. The molecular formula is C21H30ClN3O3. The number of carbonyl (C=O) groups is 2. The van der Waals surface area contributed by atoms with Crippen molar-refractivity contribution in [2.75, 3.05) is 32.1 Å². The molecule has 28 heavy (non-hydrogen) atoms. The van der Waals surface area contributed by atoms with E-state index in [1.54, 1.807) is 7.11 Å². The van der Waals surface area contributed by atoms with Gasteiger partial charge in [-0.1, -0.05) is 6.07 Å². The zero-order valence-corrected chi connectivity index (χ0v) is 17.4. The van der Waals surface area contributed by atoms with Gasteiger partial charge in [0.2, 0.25) is 11.8 Å². The van der Waals surface area contributed by atoms with Gasteiger partial charge in [-0.2, -0.15) is 0 Å². The quantitative estimate of drug-likeness (QED) is 0.805. The van der Waals surface area contributed by atoms with Crippen LogP contribution in [-0.2, 0) is 9.59 Å². The molecule has 2 heterocycles. The highest BCUT2D eigenvalue weighted by molar-refractivity contribution is 5.99. The molecule has 2 N–H and O–H groups in total. The van der Waals surface area contributed by atoms with Crippen LogP contribution in [0.1, 0.15) is 37.7 Å². The SMILES string of the molecule is COc1ccc(C)cc1NC(=O)C1CCCN1C(=O)C1CC12CCNCC2.Cl. The predicted molar refractivity (Wildman–Crippen MR) is 111 cm³/mol. The number of nitrogens with one attached hydrogen (secondary N) is 2. The number of likely N-dealkylation sites (tertiary alicyclic amines) is 1. The average molecular weight is 408 g/mol. The standard InChI is InChI=1S/C21H29N3O3.ClH/c1-14-5-6-18(27-2)16(12-14)23-19(25)17-4-3-11-24(17)20(26)15-13-21(15)7-9-22-10-8-21;/h5-6,12,15,17,22H,3-4,7-11,13H2,1-2H3,(H,23,25);1H.